The fourth-order valence-electron chi connectivity index (χ4n) is 1.46. The summed E-state index contributed by atoms with van der Waals surface area (Å²) in [6, 6.07) is 6.30. The number of benzene rings is 1. The van der Waals surface area contributed by atoms with Crippen LogP contribution in [0.1, 0.15) is 19.4 Å². The van der Waals surface area contributed by atoms with Gasteiger partial charge in [-0.1, -0.05) is 41.2 Å². The number of carbonyl (C=O) groups excluding carboxylic acids is 2. The molecule has 5 nitrogen and oxygen atoms in total. The molecule has 0 fully saturated rings. The molecule has 0 spiro atoms. The summed E-state index contributed by atoms with van der Waals surface area (Å²) < 4.78 is 29.7. The van der Waals surface area contributed by atoms with Gasteiger partial charge < -0.3 is 0 Å². The maximum Gasteiger partial charge on any atom is 0.297 e. The zero-order valence-electron chi connectivity index (χ0n) is 12.6. The first-order chi connectivity index (χ1) is 10.2. The minimum atomic E-state index is -3.92. The molecule has 0 aliphatic carbocycles. The van der Waals surface area contributed by atoms with E-state index in [1.165, 1.54) is 26.0 Å². The molecular weight excluding hydrogens is 344 g/mol. The van der Waals surface area contributed by atoms with Gasteiger partial charge in [-0.15, -0.1) is 0 Å². The molecule has 0 aliphatic rings. The summed E-state index contributed by atoms with van der Waals surface area (Å²) in [5.41, 5.74) is 0.940. The van der Waals surface area contributed by atoms with E-state index in [0.717, 1.165) is 29.1 Å². The van der Waals surface area contributed by atoms with E-state index < -0.39 is 16.2 Å². The lowest BCUT2D eigenvalue weighted by Gasteiger charge is -2.16. The second-order valence-electron chi connectivity index (χ2n) is 4.59. The van der Waals surface area contributed by atoms with Crippen molar-refractivity contribution in [1.29, 1.82) is 0 Å². The molecule has 0 bridgehead atoms. The first-order valence-electron chi connectivity index (χ1n) is 6.47. The molecule has 0 radical (unpaired) electrons. The topological polar surface area (TPSA) is 77.5 Å². The third kappa shape index (κ3) is 6.95. The first-order valence-corrected chi connectivity index (χ1v) is 9.85. The van der Waals surface area contributed by atoms with Crippen LogP contribution >= 0.6 is 23.5 Å². The first kappa shape index (κ1) is 19.2. The zero-order chi connectivity index (χ0) is 16.8. The predicted octanol–water partition coefficient (Wildman–Crippen LogP) is 2.63. The van der Waals surface area contributed by atoms with E-state index in [1.54, 1.807) is 12.1 Å². The highest BCUT2D eigenvalue weighted by Crippen LogP contribution is 2.20. The summed E-state index contributed by atoms with van der Waals surface area (Å²) in [7, 11) is -3.92. The van der Waals surface area contributed by atoms with E-state index in [-0.39, 0.29) is 26.6 Å². The van der Waals surface area contributed by atoms with Crippen LogP contribution in [0.2, 0.25) is 0 Å². The van der Waals surface area contributed by atoms with Crippen LogP contribution in [-0.4, -0.2) is 36.3 Å². The molecule has 122 valence electrons. The molecule has 1 aromatic carbocycles. The van der Waals surface area contributed by atoms with E-state index in [9.17, 15) is 18.0 Å². The molecule has 0 heterocycles. The quantitative estimate of drug-likeness (QED) is 0.690. The Labute approximate surface area is 139 Å². The van der Waals surface area contributed by atoms with Gasteiger partial charge in [0, 0.05) is 25.4 Å². The summed E-state index contributed by atoms with van der Waals surface area (Å²) in [5.74, 6) is 0.363. The van der Waals surface area contributed by atoms with Gasteiger partial charge in [0.2, 0.25) is 0 Å². The van der Waals surface area contributed by atoms with Crippen LogP contribution in [0.5, 0.6) is 0 Å². The van der Waals surface area contributed by atoms with Crippen LogP contribution in [0, 0.1) is 6.92 Å². The Hall–Kier alpha value is -0.830. The molecule has 0 N–H and O–H groups in total. The molecule has 0 atom stereocenters. The van der Waals surface area contributed by atoms with Crippen LogP contribution in [0.3, 0.4) is 0 Å². The molecule has 8 heteroatoms. The van der Waals surface area contributed by atoms with E-state index in [4.69, 9.17) is 4.18 Å². The van der Waals surface area contributed by atoms with Crippen molar-refractivity contribution in [2.75, 3.05) is 11.5 Å². The highest BCUT2D eigenvalue weighted by molar-refractivity contribution is 8.14. The van der Waals surface area contributed by atoms with Crippen molar-refractivity contribution in [3.05, 3.63) is 29.8 Å². The molecule has 0 unspecified atom stereocenters. The number of hydrogen-bond donors (Lipinski definition) is 0. The molecule has 22 heavy (non-hydrogen) atoms. The lowest BCUT2D eigenvalue weighted by Crippen LogP contribution is -2.24. The van der Waals surface area contributed by atoms with Crippen molar-refractivity contribution in [1.82, 2.24) is 0 Å². The minimum absolute atomic E-state index is 0.0590. The van der Waals surface area contributed by atoms with Gasteiger partial charge in [0.15, 0.2) is 10.2 Å². The van der Waals surface area contributed by atoms with Crippen molar-refractivity contribution in [3.63, 3.8) is 0 Å². The third-order valence-corrected chi connectivity index (χ3v) is 5.78. The van der Waals surface area contributed by atoms with Gasteiger partial charge >= 0.3 is 0 Å². The van der Waals surface area contributed by atoms with E-state index >= 15 is 0 Å². The number of thioether (sulfide) groups is 2. The van der Waals surface area contributed by atoms with Crippen LogP contribution in [0.15, 0.2) is 29.2 Å². The number of hydrogen-bond acceptors (Lipinski definition) is 7. The second-order valence-corrected chi connectivity index (χ2v) is 8.56. The van der Waals surface area contributed by atoms with Crippen molar-refractivity contribution in [2.24, 2.45) is 0 Å². The summed E-state index contributed by atoms with van der Waals surface area (Å²) >= 11 is 1.95. The average molecular weight is 362 g/mol. The molecular formula is C14H18O5S3. The smallest absolute Gasteiger partial charge is 0.288 e. The molecule has 0 saturated heterocycles. The number of rotatable bonds is 7. The highest BCUT2D eigenvalue weighted by atomic mass is 32.2. The minimum Gasteiger partial charge on any atom is -0.288 e. The van der Waals surface area contributed by atoms with Gasteiger partial charge in [-0.2, -0.15) is 8.42 Å². The van der Waals surface area contributed by atoms with Gasteiger partial charge in [0.05, 0.1) is 11.0 Å². The zero-order valence-corrected chi connectivity index (χ0v) is 15.0. The van der Waals surface area contributed by atoms with Gasteiger partial charge in [0.25, 0.3) is 10.1 Å². The Morgan fingerprint density at radius 2 is 1.50 bits per heavy atom. The highest BCUT2D eigenvalue weighted by Gasteiger charge is 2.23. The Morgan fingerprint density at radius 1 is 1.05 bits per heavy atom. The Bertz CT molecular complexity index is 604. The van der Waals surface area contributed by atoms with E-state index in [1.807, 2.05) is 6.92 Å². The van der Waals surface area contributed by atoms with Crippen LogP contribution in [-0.2, 0) is 23.9 Å². The van der Waals surface area contributed by atoms with Crippen molar-refractivity contribution >= 4 is 43.9 Å². The molecule has 0 aliphatic heterocycles. The Kier molecular flexibility index (Phi) is 7.61. The van der Waals surface area contributed by atoms with E-state index in [2.05, 4.69) is 0 Å². The number of carbonyl (C=O) groups is 2. The standard InChI is InChI=1S/C14H18O5S3/c1-10-4-6-14(7-5-10)22(17,18)19-13(8-20-11(2)15)9-21-12(3)16/h4-7,13H,8-9H2,1-3H3. The summed E-state index contributed by atoms with van der Waals surface area (Å²) in [5, 5.41) is -0.261. The Balaban J connectivity index is 2.83. The molecule has 0 amide bonds. The molecule has 0 saturated carbocycles. The van der Waals surface area contributed by atoms with E-state index in [0.29, 0.717) is 0 Å². The third-order valence-electron chi connectivity index (χ3n) is 2.52. The van der Waals surface area contributed by atoms with Gasteiger partial charge in [-0.05, 0) is 19.1 Å². The SMILES string of the molecule is CC(=O)SCC(CSC(C)=O)OS(=O)(=O)c1ccc(C)cc1. The average Bonchev–Trinajstić information content (AvgIpc) is 2.42. The van der Waals surface area contributed by atoms with Crippen LogP contribution < -0.4 is 0 Å². The predicted molar refractivity (Wildman–Crippen MR) is 89.5 cm³/mol. The number of aryl methyl sites for hydroxylation is 1. The lowest BCUT2D eigenvalue weighted by molar-refractivity contribution is -0.109. The summed E-state index contributed by atoms with van der Waals surface area (Å²) in [6.45, 7) is 4.65. The van der Waals surface area contributed by atoms with Crippen LogP contribution in [0.4, 0.5) is 0 Å². The normalized spacial score (nSPS) is 11.6. The molecule has 1 aromatic rings. The molecule has 1 rings (SSSR count). The van der Waals surface area contributed by atoms with Crippen molar-refractivity contribution in [2.45, 2.75) is 31.8 Å². The van der Waals surface area contributed by atoms with Crippen LogP contribution in [0.25, 0.3) is 0 Å². The fourth-order valence-corrected chi connectivity index (χ4v) is 4.07. The second kappa shape index (κ2) is 8.71. The summed E-state index contributed by atoms with van der Waals surface area (Å²) in [4.78, 5) is 22.1. The van der Waals surface area contributed by atoms with Gasteiger partial charge in [-0.3, -0.25) is 13.8 Å². The van der Waals surface area contributed by atoms with Gasteiger partial charge in [0.1, 0.15) is 0 Å². The summed E-state index contributed by atoms with van der Waals surface area (Å²) in [6.07, 6.45) is -0.742. The maximum atomic E-state index is 12.2. The largest absolute Gasteiger partial charge is 0.297 e. The fraction of sp³-hybridized carbons (Fsp3) is 0.429. The van der Waals surface area contributed by atoms with Gasteiger partial charge in [-0.25, -0.2) is 0 Å². The Morgan fingerprint density at radius 3 is 1.91 bits per heavy atom. The lowest BCUT2D eigenvalue weighted by atomic mass is 10.2. The van der Waals surface area contributed by atoms with Crippen molar-refractivity contribution < 1.29 is 22.2 Å². The molecule has 0 aromatic heterocycles. The van der Waals surface area contributed by atoms with Crippen molar-refractivity contribution in [3.8, 4) is 0 Å². The monoisotopic (exact) mass is 362 g/mol. The maximum absolute atomic E-state index is 12.2.